The van der Waals surface area contributed by atoms with Gasteiger partial charge in [0.05, 0.1) is 11.4 Å². The summed E-state index contributed by atoms with van der Waals surface area (Å²) < 4.78 is 3.10. The Balaban J connectivity index is 2.54. The predicted molar refractivity (Wildman–Crippen MR) is 65.5 cm³/mol. The summed E-state index contributed by atoms with van der Waals surface area (Å²) in [5, 5.41) is 4.45. The third kappa shape index (κ3) is 1.97. The fourth-order valence-corrected chi connectivity index (χ4v) is 1.90. The molecular formula is C12H13BrN2. The third-order valence-electron chi connectivity index (χ3n) is 2.40. The number of rotatable bonds is 1. The Labute approximate surface area is 98.1 Å². The molecule has 1 aromatic carbocycles. The van der Waals surface area contributed by atoms with Crippen LogP contribution in [0.3, 0.4) is 0 Å². The van der Waals surface area contributed by atoms with Crippen molar-refractivity contribution in [2.45, 2.75) is 20.8 Å². The highest BCUT2D eigenvalue weighted by molar-refractivity contribution is 9.10. The van der Waals surface area contributed by atoms with Gasteiger partial charge in [0.2, 0.25) is 0 Å². The summed E-state index contributed by atoms with van der Waals surface area (Å²) in [5.74, 6) is 0. The topological polar surface area (TPSA) is 17.8 Å². The Bertz CT molecular complexity index is 500. The minimum atomic E-state index is 1.05. The fourth-order valence-electron chi connectivity index (χ4n) is 1.65. The van der Waals surface area contributed by atoms with Gasteiger partial charge in [-0.25, -0.2) is 4.68 Å². The van der Waals surface area contributed by atoms with E-state index in [2.05, 4.69) is 59.1 Å². The lowest BCUT2D eigenvalue weighted by Gasteiger charge is -2.06. The first-order valence-electron chi connectivity index (χ1n) is 4.88. The van der Waals surface area contributed by atoms with Crippen LogP contribution in [0.1, 0.15) is 17.0 Å². The van der Waals surface area contributed by atoms with Gasteiger partial charge in [0.1, 0.15) is 0 Å². The van der Waals surface area contributed by atoms with Crippen molar-refractivity contribution in [2.24, 2.45) is 0 Å². The molecule has 0 atom stereocenters. The minimum absolute atomic E-state index is 1.05. The normalized spacial score (nSPS) is 10.7. The van der Waals surface area contributed by atoms with Crippen LogP contribution in [-0.2, 0) is 0 Å². The molecule has 0 saturated heterocycles. The van der Waals surface area contributed by atoms with Crippen LogP contribution in [0.4, 0.5) is 0 Å². The van der Waals surface area contributed by atoms with Gasteiger partial charge in [-0.15, -0.1) is 0 Å². The molecule has 2 aromatic rings. The van der Waals surface area contributed by atoms with Crippen molar-refractivity contribution < 1.29 is 0 Å². The van der Waals surface area contributed by atoms with Crippen molar-refractivity contribution in [3.63, 3.8) is 0 Å². The van der Waals surface area contributed by atoms with Crippen LogP contribution in [-0.4, -0.2) is 9.78 Å². The van der Waals surface area contributed by atoms with Gasteiger partial charge in [0.25, 0.3) is 0 Å². The number of hydrogen-bond donors (Lipinski definition) is 0. The first-order valence-corrected chi connectivity index (χ1v) is 5.67. The van der Waals surface area contributed by atoms with Gasteiger partial charge >= 0.3 is 0 Å². The molecule has 0 radical (unpaired) electrons. The molecule has 0 saturated carbocycles. The van der Waals surface area contributed by atoms with Gasteiger partial charge in [-0.05, 0) is 50.6 Å². The number of hydrogen-bond acceptors (Lipinski definition) is 1. The second-order valence-corrected chi connectivity index (χ2v) is 4.63. The molecule has 0 aliphatic heterocycles. The van der Waals surface area contributed by atoms with Crippen molar-refractivity contribution in [1.82, 2.24) is 9.78 Å². The van der Waals surface area contributed by atoms with E-state index in [1.807, 2.05) is 11.6 Å². The van der Waals surface area contributed by atoms with Crippen molar-refractivity contribution in [1.29, 1.82) is 0 Å². The van der Waals surface area contributed by atoms with Crippen LogP contribution >= 0.6 is 15.9 Å². The number of aryl methyl sites for hydroxylation is 3. The van der Waals surface area contributed by atoms with E-state index >= 15 is 0 Å². The van der Waals surface area contributed by atoms with E-state index in [-0.39, 0.29) is 0 Å². The zero-order valence-electron chi connectivity index (χ0n) is 9.08. The number of nitrogens with zero attached hydrogens (tertiary/aromatic N) is 2. The molecule has 3 heteroatoms. The van der Waals surface area contributed by atoms with E-state index < -0.39 is 0 Å². The second kappa shape index (κ2) is 3.81. The Morgan fingerprint density at radius 2 is 1.87 bits per heavy atom. The molecular weight excluding hydrogens is 252 g/mol. The Morgan fingerprint density at radius 1 is 1.13 bits per heavy atom. The fraction of sp³-hybridized carbons (Fsp3) is 0.250. The quantitative estimate of drug-likeness (QED) is 0.770. The minimum Gasteiger partial charge on any atom is -0.238 e. The Morgan fingerprint density at radius 3 is 2.40 bits per heavy atom. The van der Waals surface area contributed by atoms with E-state index in [4.69, 9.17) is 0 Å². The SMILES string of the molecule is Cc1cc(C)n(-c2ccc(Br)c(C)c2)n1. The maximum absolute atomic E-state index is 4.45. The first-order chi connectivity index (χ1) is 7.08. The smallest absolute Gasteiger partial charge is 0.0652 e. The molecule has 0 spiro atoms. The summed E-state index contributed by atoms with van der Waals surface area (Å²) >= 11 is 3.50. The highest BCUT2D eigenvalue weighted by atomic mass is 79.9. The molecule has 0 aliphatic carbocycles. The molecule has 2 nitrogen and oxygen atoms in total. The van der Waals surface area contributed by atoms with Gasteiger partial charge in [-0.1, -0.05) is 15.9 Å². The van der Waals surface area contributed by atoms with E-state index in [0.29, 0.717) is 0 Å². The maximum atomic E-state index is 4.45. The molecule has 0 aliphatic rings. The van der Waals surface area contributed by atoms with Crippen LogP contribution in [0.25, 0.3) is 5.69 Å². The summed E-state index contributed by atoms with van der Waals surface area (Å²) in [7, 11) is 0. The highest BCUT2D eigenvalue weighted by Gasteiger charge is 2.04. The Kier molecular flexibility index (Phi) is 2.65. The highest BCUT2D eigenvalue weighted by Crippen LogP contribution is 2.20. The van der Waals surface area contributed by atoms with Crippen molar-refractivity contribution >= 4 is 15.9 Å². The van der Waals surface area contributed by atoms with Gasteiger partial charge < -0.3 is 0 Å². The van der Waals surface area contributed by atoms with Gasteiger partial charge in [0.15, 0.2) is 0 Å². The number of benzene rings is 1. The van der Waals surface area contributed by atoms with Crippen LogP contribution in [0, 0.1) is 20.8 Å². The molecule has 1 aromatic heterocycles. The van der Waals surface area contributed by atoms with E-state index in [1.54, 1.807) is 0 Å². The average molecular weight is 265 g/mol. The molecule has 2 rings (SSSR count). The molecule has 0 bridgehead atoms. The summed E-state index contributed by atoms with van der Waals surface area (Å²) in [5.41, 5.74) is 4.55. The first kappa shape index (κ1) is 10.4. The van der Waals surface area contributed by atoms with Crippen molar-refractivity contribution in [3.8, 4) is 5.69 Å². The molecule has 0 fully saturated rings. The monoisotopic (exact) mass is 264 g/mol. The molecule has 1 heterocycles. The van der Waals surface area contributed by atoms with Crippen molar-refractivity contribution in [2.75, 3.05) is 0 Å². The van der Waals surface area contributed by atoms with Crippen molar-refractivity contribution in [3.05, 3.63) is 45.7 Å². The van der Waals surface area contributed by atoms with E-state index in [1.165, 1.54) is 5.56 Å². The summed E-state index contributed by atoms with van der Waals surface area (Å²) in [6, 6.07) is 8.33. The lowest BCUT2D eigenvalue weighted by molar-refractivity contribution is 0.832. The van der Waals surface area contributed by atoms with Crippen LogP contribution in [0.2, 0.25) is 0 Å². The zero-order valence-corrected chi connectivity index (χ0v) is 10.7. The standard InChI is InChI=1S/C12H13BrN2/c1-8-6-11(4-5-12(8)13)15-10(3)7-9(2)14-15/h4-7H,1-3H3. The molecule has 0 N–H and O–H groups in total. The lowest BCUT2D eigenvalue weighted by Crippen LogP contribution is -1.99. The van der Waals surface area contributed by atoms with Crippen LogP contribution in [0.15, 0.2) is 28.7 Å². The number of halogens is 1. The van der Waals surface area contributed by atoms with E-state index in [9.17, 15) is 0 Å². The van der Waals surface area contributed by atoms with Gasteiger partial charge in [0, 0.05) is 10.2 Å². The molecule has 78 valence electrons. The van der Waals surface area contributed by atoms with E-state index in [0.717, 1.165) is 21.5 Å². The summed E-state index contributed by atoms with van der Waals surface area (Å²) in [4.78, 5) is 0. The largest absolute Gasteiger partial charge is 0.238 e. The second-order valence-electron chi connectivity index (χ2n) is 3.77. The van der Waals surface area contributed by atoms with Gasteiger partial charge in [-0.2, -0.15) is 5.10 Å². The molecule has 15 heavy (non-hydrogen) atoms. The third-order valence-corrected chi connectivity index (χ3v) is 3.29. The average Bonchev–Trinajstić information content (AvgIpc) is 2.50. The number of aromatic nitrogens is 2. The molecule has 0 amide bonds. The molecule has 0 unspecified atom stereocenters. The van der Waals surface area contributed by atoms with Gasteiger partial charge in [-0.3, -0.25) is 0 Å². The van der Waals surface area contributed by atoms with Crippen LogP contribution in [0.5, 0.6) is 0 Å². The lowest BCUT2D eigenvalue weighted by atomic mass is 10.2. The predicted octanol–water partition coefficient (Wildman–Crippen LogP) is 3.56. The maximum Gasteiger partial charge on any atom is 0.0652 e. The zero-order chi connectivity index (χ0) is 11.0. The summed E-state index contributed by atoms with van der Waals surface area (Å²) in [6.07, 6.45) is 0. The Hall–Kier alpha value is -1.09. The van der Waals surface area contributed by atoms with Crippen LogP contribution < -0.4 is 0 Å². The summed E-state index contributed by atoms with van der Waals surface area (Å²) in [6.45, 7) is 6.16.